The Morgan fingerprint density at radius 1 is 1.41 bits per heavy atom. The van der Waals surface area contributed by atoms with Crippen LogP contribution in [0.2, 0.25) is 0 Å². The molecule has 2 rings (SSSR count). The van der Waals surface area contributed by atoms with E-state index < -0.39 is 0 Å². The van der Waals surface area contributed by atoms with Crippen LogP contribution in [0.4, 0.5) is 0 Å². The van der Waals surface area contributed by atoms with Gasteiger partial charge in [0, 0.05) is 24.5 Å². The van der Waals surface area contributed by atoms with Crippen molar-refractivity contribution in [2.45, 2.75) is 38.3 Å². The lowest BCUT2D eigenvalue weighted by molar-refractivity contribution is 0.171. The minimum absolute atomic E-state index is 0.451. The van der Waals surface area contributed by atoms with Gasteiger partial charge in [-0.1, -0.05) is 6.07 Å². The van der Waals surface area contributed by atoms with Gasteiger partial charge >= 0.3 is 0 Å². The van der Waals surface area contributed by atoms with Crippen molar-refractivity contribution in [3.05, 3.63) is 30.1 Å². The van der Waals surface area contributed by atoms with Crippen LogP contribution in [0.3, 0.4) is 0 Å². The Labute approximate surface area is 104 Å². The summed E-state index contributed by atoms with van der Waals surface area (Å²) in [4.78, 5) is 6.72. The maximum Gasteiger partial charge on any atom is 0.0335 e. The molecule has 1 fully saturated rings. The van der Waals surface area contributed by atoms with Gasteiger partial charge in [-0.15, -0.1) is 0 Å². The van der Waals surface area contributed by atoms with Gasteiger partial charge in [0.25, 0.3) is 0 Å². The highest BCUT2D eigenvalue weighted by Gasteiger charge is 2.21. The van der Waals surface area contributed by atoms with Crippen molar-refractivity contribution < 1.29 is 0 Å². The first-order valence-corrected chi connectivity index (χ1v) is 6.61. The zero-order valence-electron chi connectivity index (χ0n) is 10.9. The highest BCUT2D eigenvalue weighted by atomic mass is 15.2. The second kappa shape index (κ2) is 6.12. The fourth-order valence-electron chi connectivity index (χ4n) is 2.58. The Bertz CT molecular complexity index is 317. The molecule has 0 aromatic carbocycles. The summed E-state index contributed by atoms with van der Waals surface area (Å²) in [5, 5.41) is 3.47. The summed E-state index contributed by atoms with van der Waals surface area (Å²) < 4.78 is 0. The number of aromatic nitrogens is 1. The number of nitrogens with one attached hydrogen (secondary N) is 1. The molecule has 1 N–H and O–H groups in total. The third-order valence-electron chi connectivity index (χ3n) is 3.90. The summed E-state index contributed by atoms with van der Waals surface area (Å²) in [6.45, 7) is 4.59. The predicted octanol–water partition coefficient (Wildman–Crippen LogP) is 2.22. The van der Waals surface area contributed by atoms with Gasteiger partial charge in [0.2, 0.25) is 0 Å². The number of nitrogens with zero attached hydrogens (tertiary/aromatic N) is 2. The van der Waals surface area contributed by atoms with Crippen molar-refractivity contribution in [2.24, 2.45) is 0 Å². The summed E-state index contributed by atoms with van der Waals surface area (Å²) in [5.74, 6) is 0. The maximum absolute atomic E-state index is 4.21. The molecule has 0 spiro atoms. The van der Waals surface area contributed by atoms with Crippen LogP contribution < -0.4 is 5.32 Å². The van der Waals surface area contributed by atoms with Crippen molar-refractivity contribution in [3.8, 4) is 0 Å². The first-order chi connectivity index (χ1) is 8.29. The molecule has 2 unspecified atom stereocenters. The number of rotatable bonds is 3. The van der Waals surface area contributed by atoms with E-state index in [0.717, 1.165) is 6.54 Å². The molecule has 0 saturated carbocycles. The second-order valence-electron chi connectivity index (χ2n) is 4.96. The fraction of sp³-hybridized carbons (Fsp3) is 0.643. The second-order valence-corrected chi connectivity index (χ2v) is 4.96. The summed E-state index contributed by atoms with van der Waals surface area (Å²) in [7, 11) is 2.24. The third-order valence-corrected chi connectivity index (χ3v) is 3.90. The Balaban J connectivity index is 2.00. The minimum atomic E-state index is 0.451. The molecule has 3 heteroatoms. The lowest BCUT2D eigenvalue weighted by Crippen LogP contribution is -2.34. The van der Waals surface area contributed by atoms with Gasteiger partial charge in [-0.2, -0.15) is 0 Å². The molecule has 1 aromatic rings. The molecule has 0 bridgehead atoms. The quantitative estimate of drug-likeness (QED) is 0.867. The van der Waals surface area contributed by atoms with E-state index in [2.05, 4.69) is 35.2 Å². The van der Waals surface area contributed by atoms with Gasteiger partial charge in [0.05, 0.1) is 0 Å². The van der Waals surface area contributed by atoms with Crippen molar-refractivity contribution in [2.75, 3.05) is 20.1 Å². The van der Waals surface area contributed by atoms with E-state index >= 15 is 0 Å². The first kappa shape index (κ1) is 12.5. The molecule has 0 radical (unpaired) electrons. The van der Waals surface area contributed by atoms with Crippen LogP contribution in [-0.2, 0) is 0 Å². The average molecular weight is 233 g/mol. The van der Waals surface area contributed by atoms with E-state index in [9.17, 15) is 0 Å². The largest absolute Gasteiger partial charge is 0.317 e. The third kappa shape index (κ3) is 3.27. The molecule has 1 aliphatic rings. The van der Waals surface area contributed by atoms with Crippen LogP contribution in [0.1, 0.15) is 37.8 Å². The zero-order valence-corrected chi connectivity index (χ0v) is 10.9. The van der Waals surface area contributed by atoms with E-state index in [0.29, 0.717) is 12.1 Å². The van der Waals surface area contributed by atoms with E-state index in [1.54, 1.807) is 0 Å². The molecule has 0 amide bonds. The summed E-state index contributed by atoms with van der Waals surface area (Å²) >= 11 is 0. The van der Waals surface area contributed by atoms with Gasteiger partial charge in [0.1, 0.15) is 0 Å². The van der Waals surface area contributed by atoms with Crippen LogP contribution in [0, 0.1) is 0 Å². The number of hydrogen-bond acceptors (Lipinski definition) is 3. The molecule has 2 heterocycles. The van der Waals surface area contributed by atoms with Crippen LogP contribution in [0.15, 0.2) is 24.5 Å². The lowest BCUT2D eigenvalue weighted by Gasteiger charge is -2.32. The number of pyridine rings is 1. The fourth-order valence-corrected chi connectivity index (χ4v) is 2.58. The van der Waals surface area contributed by atoms with Crippen molar-refractivity contribution >= 4 is 0 Å². The van der Waals surface area contributed by atoms with Crippen LogP contribution in [0.5, 0.6) is 0 Å². The highest BCUT2D eigenvalue weighted by Crippen LogP contribution is 2.23. The van der Waals surface area contributed by atoms with Crippen LogP contribution >= 0.6 is 0 Å². The van der Waals surface area contributed by atoms with E-state index in [4.69, 9.17) is 0 Å². The first-order valence-electron chi connectivity index (χ1n) is 6.61. The van der Waals surface area contributed by atoms with E-state index in [1.165, 1.54) is 31.4 Å². The molecule has 3 nitrogen and oxygen atoms in total. The summed E-state index contributed by atoms with van der Waals surface area (Å²) in [5.41, 5.74) is 1.31. The van der Waals surface area contributed by atoms with Crippen LogP contribution in [0.25, 0.3) is 0 Å². The minimum Gasteiger partial charge on any atom is -0.317 e. The van der Waals surface area contributed by atoms with Crippen LogP contribution in [-0.4, -0.2) is 36.1 Å². The van der Waals surface area contributed by atoms with E-state index in [-0.39, 0.29) is 0 Å². The van der Waals surface area contributed by atoms with Crippen molar-refractivity contribution in [1.29, 1.82) is 0 Å². The molecule has 94 valence electrons. The molecular weight excluding hydrogens is 210 g/mol. The number of hydrogen-bond donors (Lipinski definition) is 1. The molecule has 0 aliphatic carbocycles. The van der Waals surface area contributed by atoms with Crippen molar-refractivity contribution in [1.82, 2.24) is 15.2 Å². The topological polar surface area (TPSA) is 28.2 Å². The van der Waals surface area contributed by atoms with Gasteiger partial charge in [-0.25, -0.2) is 0 Å². The standard InChI is InChI=1S/C14H23N3/c1-12(13-5-3-9-16-11-13)17(2)14-6-4-8-15-10-7-14/h3,5,9,11-12,14-15H,4,6-8,10H2,1-2H3. The SMILES string of the molecule is CC(c1cccnc1)N(C)C1CCCNCC1. The van der Waals surface area contributed by atoms with E-state index in [1.807, 2.05) is 18.5 Å². The molecule has 17 heavy (non-hydrogen) atoms. The average Bonchev–Trinajstić information content (AvgIpc) is 2.67. The Morgan fingerprint density at radius 3 is 3.06 bits per heavy atom. The van der Waals surface area contributed by atoms with Gasteiger partial charge in [-0.05, 0) is 58.0 Å². The summed E-state index contributed by atoms with van der Waals surface area (Å²) in [6, 6.07) is 5.34. The van der Waals surface area contributed by atoms with Gasteiger partial charge in [-0.3, -0.25) is 9.88 Å². The normalized spacial score (nSPS) is 23.4. The summed E-state index contributed by atoms with van der Waals surface area (Å²) in [6.07, 6.45) is 7.66. The van der Waals surface area contributed by atoms with Gasteiger partial charge < -0.3 is 5.32 Å². The maximum atomic E-state index is 4.21. The molecule has 1 aliphatic heterocycles. The van der Waals surface area contributed by atoms with Crippen molar-refractivity contribution in [3.63, 3.8) is 0 Å². The molecular formula is C14H23N3. The predicted molar refractivity (Wildman–Crippen MR) is 70.9 cm³/mol. The molecule has 1 aromatic heterocycles. The molecule has 1 saturated heterocycles. The highest BCUT2D eigenvalue weighted by molar-refractivity contribution is 5.13. The Morgan fingerprint density at radius 2 is 2.29 bits per heavy atom. The molecule has 2 atom stereocenters. The Kier molecular flexibility index (Phi) is 4.51. The monoisotopic (exact) mass is 233 g/mol. The Hall–Kier alpha value is -0.930. The zero-order chi connectivity index (χ0) is 12.1. The smallest absolute Gasteiger partial charge is 0.0335 e. The van der Waals surface area contributed by atoms with Gasteiger partial charge in [0.15, 0.2) is 0 Å². The lowest BCUT2D eigenvalue weighted by atomic mass is 10.0.